The minimum atomic E-state index is -0.165. The molecule has 0 bridgehead atoms. The van der Waals surface area contributed by atoms with Gasteiger partial charge in [0.25, 0.3) is 5.91 Å². The summed E-state index contributed by atoms with van der Waals surface area (Å²) in [6.45, 7) is 4.04. The molecule has 4 nitrogen and oxygen atoms in total. The quantitative estimate of drug-likeness (QED) is 0.876. The Kier molecular flexibility index (Phi) is 3.06. The van der Waals surface area contributed by atoms with Crippen LogP contribution in [0.4, 0.5) is 11.4 Å². The summed E-state index contributed by atoms with van der Waals surface area (Å²) in [5.74, 6) is -0.282. The van der Waals surface area contributed by atoms with Gasteiger partial charge in [-0.05, 0) is 37.6 Å². The van der Waals surface area contributed by atoms with E-state index in [2.05, 4.69) is 5.32 Å². The minimum absolute atomic E-state index is 0.0614. The maximum atomic E-state index is 12.6. The van der Waals surface area contributed by atoms with E-state index < -0.39 is 0 Å². The number of carbonyl (C=O) groups excluding carboxylic acids is 2. The fourth-order valence-electron chi connectivity index (χ4n) is 2.23. The van der Waals surface area contributed by atoms with Gasteiger partial charge in [0.2, 0.25) is 5.91 Å². The zero-order valence-electron chi connectivity index (χ0n) is 11.3. The molecule has 1 aromatic heterocycles. The Morgan fingerprint density at radius 3 is 2.75 bits per heavy atom. The number of thiophene rings is 1. The van der Waals surface area contributed by atoms with Gasteiger partial charge in [-0.2, -0.15) is 0 Å². The van der Waals surface area contributed by atoms with Gasteiger partial charge in [-0.1, -0.05) is 12.1 Å². The SMILES string of the molecule is Cc1cc(C(=O)N2CC(=O)Nc3ccccc32)sc1C. The van der Waals surface area contributed by atoms with Gasteiger partial charge in [0, 0.05) is 4.88 Å². The molecule has 102 valence electrons. The predicted octanol–water partition coefficient (Wildman–Crippen LogP) is 2.96. The van der Waals surface area contributed by atoms with Gasteiger partial charge in [-0.15, -0.1) is 11.3 Å². The van der Waals surface area contributed by atoms with Gasteiger partial charge in [-0.25, -0.2) is 0 Å². The van der Waals surface area contributed by atoms with Crippen molar-refractivity contribution in [1.82, 2.24) is 0 Å². The number of nitrogens with one attached hydrogen (secondary N) is 1. The molecule has 5 heteroatoms. The summed E-state index contributed by atoms with van der Waals surface area (Å²) in [5, 5.41) is 2.78. The van der Waals surface area contributed by atoms with E-state index in [1.54, 1.807) is 11.0 Å². The van der Waals surface area contributed by atoms with E-state index >= 15 is 0 Å². The average molecular weight is 286 g/mol. The molecule has 1 N–H and O–H groups in total. The van der Waals surface area contributed by atoms with Gasteiger partial charge in [0.05, 0.1) is 16.3 Å². The van der Waals surface area contributed by atoms with Gasteiger partial charge < -0.3 is 5.32 Å². The van der Waals surface area contributed by atoms with Crippen LogP contribution in [0.1, 0.15) is 20.1 Å². The number of anilines is 2. The van der Waals surface area contributed by atoms with Crippen LogP contribution in [-0.4, -0.2) is 18.4 Å². The number of nitrogens with zero attached hydrogens (tertiary/aromatic N) is 1. The fraction of sp³-hybridized carbons (Fsp3) is 0.200. The van der Waals surface area contributed by atoms with Crippen LogP contribution < -0.4 is 10.2 Å². The second-order valence-corrected chi connectivity index (χ2v) is 6.06. The maximum Gasteiger partial charge on any atom is 0.268 e. The third-order valence-electron chi connectivity index (χ3n) is 3.39. The molecule has 0 saturated carbocycles. The molecule has 0 spiro atoms. The first-order valence-electron chi connectivity index (χ1n) is 6.34. The summed E-state index contributed by atoms with van der Waals surface area (Å²) in [6.07, 6.45) is 0. The van der Waals surface area contributed by atoms with Crippen molar-refractivity contribution in [3.63, 3.8) is 0 Å². The molecule has 20 heavy (non-hydrogen) atoms. The van der Waals surface area contributed by atoms with Crippen LogP contribution in [-0.2, 0) is 4.79 Å². The van der Waals surface area contributed by atoms with Crippen LogP contribution in [0.5, 0.6) is 0 Å². The molecule has 0 aliphatic carbocycles. The molecular formula is C15H14N2O2S. The molecule has 3 rings (SSSR count). The number of carbonyl (C=O) groups is 2. The number of hydrogen-bond donors (Lipinski definition) is 1. The third kappa shape index (κ3) is 2.10. The summed E-state index contributed by atoms with van der Waals surface area (Å²) in [4.78, 5) is 27.7. The molecule has 1 aliphatic heterocycles. The van der Waals surface area contributed by atoms with Crippen molar-refractivity contribution < 1.29 is 9.59 Å². The predicted molar refractivity (Wildman–Crippen MR) is 80.5 cm³/mol. The Balaban J connectivity index is 2.01. The fourth-order valence-corrected chi connectivity index (χ4v) is 3.21. The van der Waals surface area contributed by atoms with Crippen LogP contribution in [0.25, 0.3) is 0 Å². The summed E-state index contributed by atoms with van der Waals surface area (Å²) in [6, 6.07) is 9.24. The van der Waals surface area contributed by atoms with Gasteiger partial charge >= 0.3 is 0 Å². The Labute approximate surface area is 121 Å². The van der Waals surface area contributed by atoms with Crippen molar-refractivity contribution in [3.05, 3.63) is 45.6 Å². The highest BCUT2D eigenvalue weighted by molar-refractivity contribution is 7.14. The van der Waals surface area contributed by atoms with E-state index in [1.165, 1.54) is 11.3 Å². The second kappa shape index (κ2) is 4.76. The Morgan fingerprint density at radius 1 is 1.30 bits per heavy atom. The molecule has 0 radical (unpaired) electrons. The molecule has 2 aromatic rings. The molecule has 0 atom stereocenters. The van der Waals surface area contributed by atoms with Crippen LogP contribution in [0.3, 0.4) is 0 Å². The van der Waals surface area contributed by atoms with Crippen molar-refractivity contribution >= 4 is 34.5 Å². The van der Waals surface area contributed by atoms with E-state index in [0.29, 0.717) is 10.6 Å². The first kappa shape index (κ1) is 12.9. The topological polar surface area (TPSA) is 49.4 Å². The van der Waals surface area contributed by atoms with Crippen LogP contribution in [0, 0.1) is 13.8 Å². The summed E-state index contributed by atoms with van der Waals surface area (Å²) in [7, 11) is 0. The van der Waals surface area contributed by atoms with E-state index in [4.69, 9.17) is 0 Å². The lowest BCUT2D eigenvalue weighted by molar-refractivity contribution is -0.115. The lowest BCUT2D eigenvalue weighted by atomic mass is 10.2. The van der Waals surface area contributed by atoms with Crippen molar-refractivity contribution in [2.45, 2.75) is 13.8 Å². The molecule has 0 saturated heterocycles. The number of rotatable bonds is 1. The number of fused-ring (bicyclic) bond motifs is 1. The lowest BCUT2D eigenvalue weighted by Gasteiger charge is -2.28. The van der Waals surface area contributed by atoms with Crippen LogP contribution in [0.2, 0.25) is 0 Å². The van der Waals surface area contributed by atoms with E-state index in [1.807, 2.05) is 38.1 Å². The van der Waals surface area contributed by atoms with Crippen molar-refractivity contribution in [3.8, 4) is 0 Å². The molecule has 0 unspecified atom stereocenters. The molecule has 0 fully saturated rings. The van der Waals surface area contributed by atoms with Crippen LogP contribution >= 0.6 is 11.3 Å². The van der Waals surface area contributed by atoms with Gasteiger partial charge in [0.1, 0.15) is 6.54 Å². The van der Waals surface area contributed by atoms with Crippen molar-refractivity contribution in [2.24, 2.45) is 0 Å². The molecule has 2 heterocycles. The number of benzene rings is 1. The monoisotopic (exact) mass is 286 g/mol. The zero-order valence-corrected chi connectivity index (χ0v) is 12.1. The zero-order chi connectivity index (χ0) is 14.3. The molecular weight excluding hydrogens is 272 g/mol. The highest BCUT2D eigenvalue weighted by atomic mass is 32.1. The highest BCUT2D eigenvalue weighted by Gasteiger charge is 2.28. The van der Waals surface area contributed by atoms with Gasteiger partial charge in [0.15, 0.2) is 0 Å². The summed E-state index contributed by atoms with van der Waals surface area (Å²) >= 11 is 1.47. The number of hydrogen-bond acceptors (Lipinski definition) is 3. The minimum Gasteiger partial charge on any atom is -0.323 e. The summed E-state index contributed by atoms with van der Waals surface area (Å²) < 4.78 is 0. The Bertz CT molecular complexity index is 686. The van der Waals surface area contributed by atoms with E-state index in [9.17, 15) is 9.59 Å². The van der Waals surface area contributed by atoms with Gasteiger partial charge in [-0.3, -0.25) is 14.5 Å². The number of amides is 2. The Hall–Kier alpha value is -2.14. The van der Waals surface area contributed by atoms with E-state index in [-0.39, 0.29) is 18.4 Å². The molecule has 2 amide bonds. The number of aryl methyl sites for hydroxylation is 2. The van der Waals surface area contributed by atoms with Crippen LogP contribution in [0.15, 0.2) is 30.3 Å². The number of para-hydroxylation sites is 2. The first-order chi connectivity index (χ1) is 9.56. The normalized spacial score (nSPS) is 13.9. The molecule has 1 aliphatic rings. The summed E-state index contributed by atoms with van der Waals surface area (Å²) in [5.41, 5.74) is 2.54. The van der Waals surface area contributed by atoms with E-state index in [0.717, 1.165) is 16.1 Å². The first-order valence-corrected chi connectivity index (χ1v) is 7.15. The highest BCUT2D eigenvalue weighted by Crippen LogP contribution is 2.31. The van der Waals surface area contributed by atoms with Crippen molar-refractivity contribution in [1.29, 1.82) is 0 Å². The maximum absolute atomic E-state index is 12.6. The third-order valence-corrected chi connectivity index (χ3v) is 4.53. The Morgan fingerprint density at radius 2 is 2.05 bits per heavy atom. The molecule has 1 aromatic carbocycles. The average Bonchev–Trinajstić information content (AvgIpc) is 2.77. The van der Waals surface area contributed by atoms with Crippen molar-refractivity contribution in [2.75, 3.05) is 16.8 Å². The largest absolute Gasteiger partial charge is 0.323 e. The second-order valence-electron chi connectivity index (χ2n) is 4.81. The standard InChI is InChI=1S/C15H14N2O2S/c1-9-7-13(20-10(9)2)15(19)17-8-14(18)16-11-5-3-4-6-12(11)17/h3-7H,8H2,1-2H3,(H,16,18). The smallest absolute Gasteiger partial charge is 0.268 e. The lowest BCUT2D eigenvalue weighted by Crippen LogP contribution is -2.41.